The summed E-state index contributed by atoms with van der Waals surface area (Å²) in [5.74, 6) is 0.0333. The smallest absolute Gasteiger partial charge is 0.239 e. The van der Waals surface area contributed by atoms with E-state index in [0.29, 0.717) is 6.54 Å². The lowest BCUT2D eigenvalue weighted by atomic mass is 10.1. The van der Waals surface area contributed by atoms with Gasteiger partial charge in [-0.15, -0.1) is 0 Å². The van der Waals surface area contributed by atoms with E-state index in [-0.39, 0.29) is 11.9 Å². The highest BCUT2D eigenvalue weighted by molar-refractivity contribution is 5.81. The molecule has 4 heteroatoms. The molecule has 0 bridgehead atoms. The van der Waals surface area contributed by atoms with Crippen molar-refractivity contribution in [2.24, 2.45) is 0 Å². The lowest BCUT2D eigenvalue weighted by molar-refractivity contribution is -0.120. The molecule has 0 aliphatic carbocycles. The molecule has 3 N–H and O–H groups in total. The minimum Gasteiger partial charge on any atom is -0.398 e. The molecule has 0 fully saturated rings. The van der Waals surface area contributed by atoms with Crippen LogP contribution in [0.4, 0.5) is 11.4 Å². The average molecular weight is 249 g/mol. The number of amides is 1. The summed E-state index contributed by atoms with van der Waals surface area (Å²) in [6.45, 7) is 9.04. The molecule has 0 aliphatic heterocycles. The van der Waals surface area contributed by atoms with Crippen molar-refractivity contribution in [3.05, 3.63) is 23.8 Å². The highest BCUT2D eigenvalue weighted by atomic mass is 16.2. The SMILES string of the molecule is CCN(CC(=O)NC(C)C)c1ccc(C)c(N)c1. The van der Waals surface area contributed by atoms with Crippen molar-refractivity contribution < 1.29 is 4.79 Å². The van der Waals surface area contributed by atoms with Gasteiger partial charge in [-0.25, -0.2) is 0 Å². The first-order valence-corrected chi connectivity index (χ1v) is 6.34. The van der Waals surface area contributed by atoms with Gasteiger partial charge in [0, 0.05) is 24.0 Å². The van der Waals surface area contributed by atoms with Crippen molar-refractivity contribution >= 4 is 17.3 Å². The maximum atomic E-state index is 11.8. The van der Waals surface area contributed by atoms with Gasteiger partial charge in [0.05, 0.1) is 6.54 Å². The Balaban J connectivity index is 2.76. The molecular weight excluding hydrogens is 226 g/mol. The van der Waals surface area contributed by atoms with Crippen molar-refractivity contribution in [2.75, 3.05) is 23.7 Å². The van der Waals surface area contributed by atoms with Crippen molar-refractivity contribution in [1.29, 1.82) is 0 Å². The first-order chi connectivity index (χ1) is 8.43. The second kappa shape index (κ2) is 6.28. The van der Waals surface area contributed by atoms with Crippen LogP contribution in [0.25, 0.3) is 0 Å². The van der Waals surface area contributed by atoms with Gasteiger partial charge in [-0.3, -0.25) is 4.79 Å². The number of likely N-dealkylation sites (N-methyl/N-ethyl adjacent to an activating group) is 1. The van der Waals surface area contributed by atoms with Crippen LogP contribution in [-0.2, 0) is 4.79 Å². The quantitative estimate of drug-likeness (QED) is 0.784. The fraction of sp³-hybridized carbons (Fsp3) is 0.500. The Morgan fingerprint density at radius 3 is 2.61 bits per heavy atom. The zero-order chi connectivity index (χ0) is 13.7. The predicted octanol–water partition coefficient (Wildman–Crippen LogP) is 1.93. The van der Waals surface area contributed by atoms with Crippen LogP contribution < -0.4 is 16.0 Å². The van der Waals surface area contributed by atoms with Crippen LogP contribution in [0.2, 0.25) is 0 Å². The number of benzene rings is 1. The molecule has 4 nitrogen and oxygen atoms in total. The first-order valence-electron chi connectivity index (χ1n) is 6.34. The van der Waals surface area contributed by atoms with Gasteiger partial charge < -0.3 is 16.0 Å². The number of nitrogen functional groups attached to an aromatic ring is 1. The number of nitrogens with zero attached hydrogens (tertiary/aromatic N) is 1. The highest BCUT2D eigenvalue weighted by Crippen LogP contribution is 2.20. The fourth-order valence-corrected chi connectivity index (χ4v) is 1.75. The van der Waals surface area contributed by atoms with Gasteiger partial charge in [-0.1, -0.05) is 6.07 Å². The largest absolute Gasteiger partial charge is 0.398 e. The molecule has 1 aromatic rings. The average Bonchev–Trinajstić information content (AvgIpc) is 2.29. The summed E-state index contributed by atoms with van der Waals surface area (Å²) in [5.41, 5.74) is 8.70. The van der Waals surface area contributed by atoms with Gasteiger partial charge >= 0.3 is 0 Å². The van der Waals surface area contributed by atoms with Crippen LogP contribution in [0, 0.1) is 6.92 Å². The number of anilines is 2. The van der Waals surface area contributed by atoms with Crippen LogP contribution in [0.3, 0.4) is 0 Å². The highest BCUT2D eigenvalue weighted by Gasteiger charge is 2.11. The molecule has 0 saturated carbocycles. The number of carbonyl (C=O) groups excluding carboxylic acids is 1. The van der Waals surface area contributed by atoms with Crippen LogP contribution in [-0.4, -0.2) is 25.0 Å². The maximum Gasteiger partial charge on any atom is 0.239 e. The number of carbonyl (C=O) groups is 1. The standard InChI is InChI=1S/C14H23N3O/c1-5-17(9-14(18)16-10(2)3)12-7-6-11(4)13(15)8-12/h6-8,10H,5,9,15H2,1-4H3,(H,16,18). The number of hydrogen-bond acceptors (Lipinski definition) is 3. The summed E-state index contributed by atoms with van der Waals surface area (Å²) >= 11 is 0. The van der Waals surface area contributed by atoms with E-state index < -0.39 is 0 Å². The summed E-state index contributed by atoms with van der Waals surface area (Å²) in [6.07, 6.45) is 0. The van der Waals surface area contributed by atoms with Gasteiger partial charge in [0.25, 0.3) is 0 Å². The van der Waals surface area contributed by atoms with E-state index in [1.54, 1.807) is 0 Å². The Morgan fingerprint density at radius 2 is 2.11 bits per heavy atom. The van der Waals surface area contributed by atoms with E-state index in [0.717, 1.165) is 23.5 Å². The summed E-state index contributed by atoms with van der Waals surface area (Å²) in [7, 11) is 0. The molecule has 0 heterocycles. The maximum absolute atomic E-state index is 11.8. The van der Waals surface area contributed by atoms with Crippen LogP contribution in [0.15, 0.2) is 18.2 Å². The van der Waals surface area contributed by atoms with Gasteiger partial charge in [0.2, 0.25) is 5.91 Å². The summed E-state index contributed by atoms with van der Waals surface area (Å²) < 4.78 is 0. The molecule has 1 amide bonds. The zero-order valence-corrected chi connectivity index (χ0v) is 11.7. The molecule has 18 heavy (non-hydrogen) atoms. The van der Waals surface area contributed by atoms with Crippen LogP contribution >= 0.6 is 0 Å². The van der Waals surface area contributed by atoms with Crippen molar-refractivity contribution in [1.82, 2.24) is 5.32 Å². The third-order valence-electron chi connectivity index (χ3n) is 2.79. The minimum atomic E-state index is 0.0333. The van der Waals surface area contributed by atoms with E-state index in [4.69, 9.17) is 5.73 Å². The Kier molecular flexibility index (Phi) is 5.01. The molecule has 1 rings (SSSR count). The fourth-order valence-electron chi connectivity index (χ4n) is 1.75. The van der Waals surface area contributed by atoms with E-state index >= 15 is 0 Å². The number of nitrogens with one attached hydrogen (secondary N) is 1. The second-order valence-electron chi connectivity index (χ2n) is 4.78. The Labute approximate surface area is 109 Å². The molecule has 0 saturated heterocycles. The molecule has 0 unspecified atom stereocenters. The van der Waals surface area contributed by atoms with E-state index in [2.05, 4.69) is 5.32 Å². The molecular formula is C14H23N3O. The summed E-state index contributed by atoms with van der Waals surface area (Å²) in [6, 6.07) is 6.06. The molecule has 0 spiro atoms. The van der Waals surface area contributed by atoms with E-state index in [1.807, 2.05) is 50.8 Å². The number of rotatable bonds is 5. The van der Waals surface area contributed by atoms with Crippen molar-refractivity contribution in [2.45, 2.75) is 33.7 Å². The minimum absolute atomic E-state index is 0.0333. The summed E-state index contributed by atoms with van der Waals surface area (Å²) in [4.78, 5) is 13.8. The van der Waals surface area contributed by atoms with E-state index in [9.17, 15) is 4.79 Å². The second-order valence-corrected chi connectivity index (χ2v) is 4.78. The van der Waals surface area contributed by atoms with Gasteiger partial charge in [-0.05, 0) is 45.4 Å². The third kappa shape index (κ3) is 3.95. The Hall–Kier alpha value is -1.71. The molecule has 100 valence electrons. The predicted molar refractivity (Wildman–Crippen MR) is 76.8 cm³/mol. The molecule has 0 atom stereocenters. The zero-order valence-electron chi connectivity index (χ0n) is 11.7. The van der Waals surface area contributed by atoms with Gasteiger partial charge in [-0.2, -0.15) is 0 Å². The number of hydrogen-bond donors (Lipinski definition) is 2. The van der Waals surface area contributed by atoms with E-state index in [1.165, 1.54) is 0 Å². The molecule has 0 radical (unpaired) electrons. The molecule has 1 aromatic carbocycles. The van der Waals surface area contributed by atoms with Gasteiger partial charge in [0.15, 0.2) is 0 Å². The van der Waals surface area contributed by atoms with Gasteiger partial charge in [0.1, 0.15) is 0 Å². The Bertz CT molecular complexity index is 416. The topological polar surface area (TPSA) is 58.4 Å². The van der Waals surface area contributed by atoms with Crippen molar-refractivity contribution in [3.8, 4) is 0 Å². The first kappa shape index (κ1) is 14.4. The van der Waals surface area contributed by atoms with Crippen LogP contribution in [0.5, 0.6) is 0 Å². The molecule has 0 aromatic heterocycles. The molecule has 0 aliphatic rings. The lowest BCUT2D eigenvalue weighted by Gasteiger charge is -2.23. The van der Waals surface area contributed by atoms with Crippen LogP contribution in [0.1, 0.15) is 26.3 Å². The normalized spacial score (nSPS) is 10.5. The number of nitrogens with two attached hydrogens (primary N) is 1. The number of aryl methyl sites for hydroxylation is 1. The monoisotopic (exact) mass is 249 g/mol. The van der Waals surface area contributed by atoms with Crippen molar-refractivity contribution in [3.63, 3.8) is 0 Å². The summed E-state index contributed by atoms with van der Waals surface area (Å²) in [5, 5.41) is 2.89. The third-order valence-corrected chi connectivity index (χ3v) is 2.79. The lowest BCUT2D eigenvalue weighted by Crippen LogP contribution is -2.40. The Morgan fingerprint density at radius 1 is 1.44 bits per heavy atom.